The van der Waals surface area contributed by atoms with Gasteiger partial charge in [-0.05, 0) is 25.1 Å². The van der Waals surface area contributed by atoms with Gasteiger partial charge in [-0.3, -0.25) is 4.98 Å². The summed E-state index contributed by atoms with van der Waals surface area (Å²) in [6.45, 7) is 2.34. The highest BCUT2D eigenvalue weighted by Gasteiger charge is 2.14. The maximum Gasteiger partial charge on any atom is 0.0502 e. The molecule has 1 N–H and O–H groups in total. The van der Waals surface area contributed by atoms with Gasteiger partial charge in [0.1, 0.15) is 0 Å². The van der Waals surface area contributed by atoms with Crippen molar-refractivity contribution < 1.29 is 0 Å². The summed E-state index contributed by atoms with van der Waals surface area (Å²) in [4.78, 5) is 4.30. The Morgan fingerprint density at radius 1 is 1.54 bits per heavy atom. The maximum atomic E-state index is 4.30. The van der Waals surface area contributed by atoms with Crippen molar-refractivity contribution in [2.24, 2.45) is 0 Å². The van der Waals surface area contributed by atoms with Crippen LogP contribution < -0.4 is 5.32 Å². The van der Waals surface area contributed by atoms with Crippen LogP contribution in [0.1, 0.15) is 12.1 Å². The average molecular weight is 194 g/mol. The number of hydrogen-bond donors (Lipinski definition) is 1. The molecule has 1 aliphatic rings. The Morgan fingerprint density at radius 2 is 2.54 bits per heavy atom. The lowest BCUT2D eigenvalue weighted by Gasteiger charge is -2.06. The Hall–Kier alpha value is -0.540. The number of hydrogen-bond acceptors (Lipinski definition) is 3. The van der Waals surface area contributed by atoms with Gasteiger partial charge in [-0.2, -0.15) is 11.8 Å². The fraction of sp³-hybridized carbons (Fsp3) is 0.500. The van der Waals surface area contributed by atoms with Crippen LogP contribution in [0.3, 0.4) is 0 Å². The van der Waals surface area contributed by atoms with Gasteiger partial charge in [0.25, 0.3) is 0 Å². The third kappa shape index (κ3) is 2.71. The minimum absolute atomic E-state index is 0.794. The molecule has 2 heterocycles. The Kier molecular flexibility index (Phi) is 3.22. The standard InChI is InChI=1S/C10H14N2S/c1-2-5-12-9(3-1)8-13-10-4-6-11-7-10/h1-3,5,10-11H,4,6-8H2/t10-/m0/s1. The van der Waals surface area contributed by atoms with Gasteiger partial charge in [0.2, 0.25) is 0 Å². The second-order valence-corrected chi connectivity index (χ2v) is 4.54. The summed E-state index contributed by atoms with van der Waals surface area (Å²) >= 11 is 2.01. The van der Waals surface area contributed by atoms with Crippen LogP contribution in [0.5, 0.6) is 0 Å². The van der Waals surface area contributed by atoms with Gasteiger partial charge in [0.05, 0.1) is 5.69 Å². The van der Waals surface area contributed by atoms with Crippen LogP contribution in [-0.2, 0) is 5.75 Å². The van der Waals surface area contributed by atoms with E-state index in [2.05, 4.69) is 22.4 Å². The summed E-state index contributed by atoms with van der Waals surface area (Å²) in [5.41, 5.74) is 1.19. The minimum atomic E-state index is 0.794. The zero-order chi connectivity index (χ0) is 8.93. The second kappa shape index (κ2) is 4.63. The Bertz CT molecular complexity index is 244. The quantitative estimate of drug-likeness (QED) is 0.792. The number of nitrogens with zero attached hydrogens (tertiary/aromatic N) is 1. The van der Waals surface area contributed by atoms with Crippen LogP contribution in [-0.4, -0.2) is 23.3 Å². The van der Waals surface area contributed by atoms with Crippen LogP contribution in [0.4, 0.5) is 0 Å². The van der Waals surface area contributed by atoms with Crippen molar-refractivity contribution in [3.05, 3.63) is 30.1 Å². The zero-order valence-corrected chi connectivity index (χ0v) is 8.39. The predicted molar refractivity (Wildman–Crippen MR) is 56.8 cm³/mol. The van der Waals surface area contributed by atoms with Gasteiger partial charge < -0.3 is 5.32 Å². The van der Waals surface area contributed by atoms with Gasteiger partial charge in [-0.1, -0.05) is 6.07 Å². The summed E-state index contributed by atoms with van der Waals surface area (Å²) < 4.78 is 0. The third-order valence-corrected chi connectivity index (χ3v) is 3.54. The van der Waals surface area contributed by atoms with E-state index < -0.39 is 0 Å². The predicted octanol–water partition coefficient (Wildman–Crippen LogP) is 1.68. The number of rotatable bonds is 3. The van der Waals surface area contributed by atoms with Crippen molar-refractivity contribution >= 4 is 11.8 Å². The minimum Gasteiger partial charge on any atom is -0.316 e. The maximum absolute atomic E-state index is 4.30. The molecule has 1 aromatic rings. The molecule has 2 rings (SSSR count). The molecule has 3 heteroatoms. The molecule has 70 valence electrons. The molecule has 13 heavy (non-hydrogen) atoms. The van der Waals surface area contributed by atoms with E-state index in [0.29, 0.717) is 0 Å². The van der Waals surface area contributed by atoms with Gasteiger partial charge in [0, 0.05) is 23.7 Å². The number of nitrogens with one attached hydrogen (secondary N) is 1. The number of pyridine rings is 1. The molecule has 1 saturated heterocycles. The van der Waals surface area contributed by atoms with E-state index in [1.807, 2.05) is 24.0 Å². The first-order chi connectivity index (χ1) is 6.45. The van der Waals surface area contributed by atoms with Crippen molar-refractivity contribution in [1.29, 1.82) is 0 Å². The molecule has 1 atom stereocenters. The van der Waals surface area contributed by atoms with Crippen molar-refractivity contribution in [2.45, 2.75) is 17.4 Å². The molecule has 0 amide bonds. The zero-order valence-electron chi connectivity index (χ0n) is 7.57. The molecule has 1 aliphatic heterocycles. The lowest BCUT2D eigenvalue weighted by Crippen LogP contribution is -2.10. The van der Waals surface area contributed by atoms with E-state index in [1.165, 1.54) is 18.7 Å². The molecule has 0 aromatic carbocycles. The van der Waals surface area contributed by atoms with Crippen LogP contribution in [0.2, 0.25) is 0 Å². The normalized spacial score (nSPS) is 22.0. The average Bonchev–Trinajstić information content (AvgIpc) is 2.69. The van der Waals surface area contributed by atoms with Crippen LogP contribution in [0.15, 0.2) is 24.4 Å². The SMILES string of the molecule is c1ccc(CS[C@H]2CCNC2)nc1. The topological polar surface area (TPSA) is 24.9 Å². The van der Waals surface area contributed by atoms with E-state index in [4.69, 9.17) is 0 Å². The molecule has 0 bridgehead atoms. The number of aromatic nitrogens is 1. The molecule has 0 aliphatic carbocycles. The van der Waals surface area contributed by atoms with Gasteiger partial charge in [0.15, 0.2) is 0 Å². The fourth-order valence-electron chi connectivity index (χ4n) is 1.46. The monoisotopic (exact) mass is 194 g/mol. The van der Waals surface area contributed by atoms with E-state index in [1.54, 1.807) is 0 Å². The van der Waals surface area contributed by atoms with Crippen LogP contribution >= 0.6 is 11.8 Å². The second-order valence-electron chi connectivity index (χ2n) is 3.25. The first-order valence-electron chi connectivity index (χ1n) is 4.67. The summed E-state index contributed by atoms with van der Waals surface area (Å²) in [6.07, 6.45) is 3.17. The highest BCUT2D eigenvalue weighted by Crippen LogP contribution is 2.20. The first-order valence-corrected chi connectivity index (χ1v) is 5.72. The van der Waals surface area contributed by atoms with E-state index in [-0.39, 0.29) is 0 Å². The highest BCUT2D eigenvalue weighted by molar-refractivity contribution is 7.99. The lowest BCUT2D eigenvalue weighted by molar-refractivity contribution is 0.858. The summed E-state index contributed by atoms with van der Waals surface area (Å²) in [7, 11) is 0. The fourth-order valence-corrected chi connectivity index (χ4v) is 2.55. The Morgan fingerprint density at radius 3 is 3.23 bits per heavy atom. The molecule has 1 aromatic heterocycles. The molecule has 0 spiro atoms. The molecular formula is C10H14N2S. The van der Waals surface area contributed by atoms with E-state index >= 15 is 0 Å². The van der Waals surface area contributed by atoms with Crippen LogP contribution in [0.25, 0.3) is 0 Å². The van der Waals surface area contributed by atoms with Crippen molar-refractivity contribution in [1.82, 2.24) is 10.3 Å². The van der Waals surface area contributed by atoms with Gasteiger partial charge >= 0.3 is 0 Å². The number of thioether (sulfide) groups is 1. The van der Waals surface area contributed by atoms with Crippen LogP contribution in [0, 0.1) is 0 Å². The van der Waals surface area contributed by atoms with E-state index in [9.17, 15) is 0 Å². The van der Waals surface area contributed by atoms with Crippen molar-refractivity contribution in [3.8, 4) is 0 Å². The summed E-state index contributed by atoms with van der Waals surface area (Å²) in [5.74, 6) is 1.05. The van der Waals surface area contributed by atoms with E-state index in [0.717, 1.165) is 17.5 Å². The molecular weight excluding hydrogens is 180 g/mol. The third-order valence-electron chi connectivity index (χ3n) is 2.21. The van der Waals surface area contributed by atoms with Gasteiger partial charge in [-0.15, -0.1) is 0 Å². The summed E-state index contributed by atoms with van der Waals surface area (Å²) in [5, 5.41) is 4.16. The largest absolute Gasteiger partial charge is 0.316 e. The molecule has 1 fully saturated rings. The molecule has 0 unspecified atom stereocenters. The van der Waals surface area contributed by atoms with Gasteiger partial charge in [-0.25, -0.2) is 0 Å². The smallest absolute Gasteiger partial charge is 0.0502 e. The first kappa shape index (κ1) is 9.03. The Balaban J connectivity index is 1.79. The highest BCUT2D eigenvalue weighted by atomic mass is 32.2. The van der Waals surface area contributed by atoms with Crippen molar-refractivity contribution in [2.75, 3.05) is 13.1 Å². The van der Waals surface area contributed by atoms with Crippen molar-refractivity contribution in [3.63, 3.8) is 0 Å². The lowest BCUT2D eigenvalue weighted by atomic mass is 10.4. The molecule has 0 radical (unpaired) electrons. The Labute approximate surface area is 83.1 Å². The molecule has 2 nitrogen and oxygen atoms in total. The molecule has 0 saturated carbocycles. The summed E-state index contributed by atoms with van der Waals surface area (Å²) in [6, 6.07) is 6.11.